The summed E-state index contributed by atoms with van der Waals surface area (Å²) >= 11 is 0. The van der Waals surface area contributed by atoms with Gasteiger partial charge in [-0.15, -0.1) is 0 Å². The van der Waals surface area contributed by atoms with Crippen molar-refractivity contribution in [2.45, 2.75) is 33.4 Å². The number of nitrogens with one attached hydrogen (secondary N) is 1. The number of para-hydroxylation sites is 1. The summed E-state index contributed by atoms with van der Waals surface area (Å²) in [6.45, 7) is 8.13. The van der Waals surface area contributed by atoms with Crippen molar-refractivity contribution in [3.05, 3.63) is 54.1 Å². The topological polar surface area (TPSA) is 21.3 Å². The summed E-state index contributed by atoms with van der Waals surface area (Å²) in [6.07, 6.45) is 0.184. The molecular formula is C18H23NO. The van der Waals surface area contributed by atoms with Crippen LogP contribution in [-0.4, -0.2) is 12.6 Å². The van der Waals surface area contributed by atoms with Crippen LogP contribution in [0.1, 0.15) is 26.3 Å². The number of benzene rings is 2. The zero-order valence-corrected chi connectivity index (χ0v) is 12.5. The van der Waals surface area contributed by atoms with Crippen molar-refractivity contribution < 1.29 is 4.74 Å². The minimum Gasteiger partial charge on any atom is -0.490 e. The van der Waals surface area contributed by atoms with Crippen LogP contribution >= 0.6 is 0 Å². The third-order valence-electron chi connectivity index (χ3n) is 3.09. The van der Waals surface area contributed by atoms with Gasteiger partial charge in [0.05, 0.1) is 6.10 Å². The van der Waals surface area contributed by atoms with Gasteiger partial charge in [0.2, 0.25) is 0 Å². The molecule has 0 atom stereocenters. The van der Waals surface area contributed by atoms with E-state index in [1.165, 1.54) is 11.1 Å². The minimum absolute atomic E-state index is 0.184. The average Bonchev–Trinajstić information content (AvgIpc) is 2.46. The van der Waals surface area contributed by atoms with Crippen LogP contribution in [0.15, 0.2) is 48.5 Å². The van der Waals surface area contributed by atoms with Gasteiger partial charge in [0.15, 0.2) is 0 Å². The molecule has 0 aliphatic carbocycles. The summed E-state index contributed by atoms with van der Waals surface area (Å²) in [6, 6.07) is 16.9. The van der Waals surface area contributed by atoms with Gasteiger partial charge in [-0.1, -0.05) is 49.4 Å². The summed E-state index contributed by atoms with van der Waals surface area (Å²) in [7, 11) is 0. The van der Waals surface area contributed by atoms with E-state index >= 15 is 0 Å². The van der Waals surface area contributed by atoms with Crippen molar-refractivity contribution in [3.8, 4) is 16.9 Å². The highest BCUT2D eigenvalue weighted by Gasteiger charge is 2.07. The molecule has 0 bridgehead atoms. The Balaban J connectivity index is 2.22. The van der Waals surface area contributed by atoms with Gasteiger partial charge in [-0.3, -0.25) is 0 Å². The van der Waals surface area contributed by atoms with Gasteiger partial charge in [0.1, 0.15) is 5.75 Å². The first kappa shape index (κ1) is 14.6. The Morgan fingerprint density at radius 1 is 1.00 bits per heavy atom. The zero-order chi connectivity index (χ0) is 14.4. The molecule has 0 saturated heterocycles. The Labute approximate surface area is 121 Å². The molecule has 0 aliphatic rings. The molecular weight excluding hydrogens is 246 g/mol. The van der Waals surface area contributed by atoms with Crippen LogP contribution in [0.3, 0.4) is 0 Å². The van der Waals surface area contributed by atoms with Crippen molar-refractivity contribution in [1.82, 2.24) is 5.32 Å². The predicted molar refractivity (Wildman–Crippen MR) is 85.0 cm³/mol. The monoisotopic (exact) mass is 269 g/mol. The van der Waals surface area contributed by atoms with Crippen LogP contribution in [0.4, 0.5) is 0 Å². The van der Waals surface area contributed by atoms with E-state index in [4.69, 9.17) is 4.74 Å². The third kappa shape index (κ3) is 3.84. The second-order valence-electron chi connectivity index (χ2n) is 5.14. The molecule has 2 aromatic rings. The number of hydrogen-bond acceptors (Lipinski definition) is 2. The fraction of sp³-hybridized carbons (Fsp3) is 0.333. The second-order valence-corrected chi connectivity index (χ2v) is 5.14. The lowest BCUT2D eigenvalue weighted by Crippen LogP contribution is -2.11. The van der Waals surface area contributed by atoms with E-state index in [-0.39, 0.29) is 6.10 Å². The summed E-state index contributed by atoms with van der Waals surface area (Å²) in [4.78, 5) is 0. The van der Waals surface area contributed by atoms with Crippen molar-refractivity contribution in [2.24, 2.45) is 0 Å². The molecule has 106 valence electrons. The Morgan fingerprint density at radius 3 is 2.35 bits per heavy atom. The lowest BCUT2D eigenvalue weighted by atomic mass is 10.0. The Kier molecular flexibility index (Phi) is 5.19. The van der Waals surface area contributed by atoms with Crippen LogP contribution in [0.5, 0.6) is 5.75 Å². The summed E-state index contributed by atoms with van der Waals surface area (Å²) < 4.78 is 5.88. The van der Waals surface area contributed by atoms with E-state index in [1.54, 1.807) is 0 Å². The molecule has 20 heavy (non-hydrogen) atoms. The van der Waals surface area contributed by atoms with Crippen molar-refractivity contribution >= 4 is 0 Å². The standard InChI is InChI=1S/C18H23NO/c1-4-19-13-15-9-11-16(12-10-15)17-7-5-6-8-18(17)20-14(2)3/h5-12,14,19H,4,13H2,1-3H3. The first-order valence-electron chi connectivity index (χ1n) is 7.26. The molecule has 2 heteroatoms. The van der Waals surface area contributed by atoms with Crippen molar-refractivity contribution in [2.75, 3.05) is 6.54 Å². The van der Waals surface area contributed by atoms with Crippen LogP contribution in [0, 0.1) is 0 Å². The largest absolute Gasteiger partial charge is 0.490 e. The molecule has 0 aliphatic heterocycles. The highest BCUT2D eigenvalue weighted by atomic mass is 16.5. The van der Waals surface area contributed by atoms with Crippen LogP contribution in [0.25, 0.3) is 11.1 Å². The smallest absolute Gasteiger partial charge is 0.127 e. The van der Waals surface area contributed by atoms with E-state index in [0.717, 1.165) is 24.4 Å². The normalized spacial score (nSPS) is 10.8. The Bertz CT molecular complexity index is 531. The zero-order valence-electron chi connectivity index (χ0n) is 12.5. The molecule has 0 saturated carbocycles. The Morgan fingerprint density at radius 2 is 1.70 bits per heavy atom. The fourth-order valence-corrected chi connectivity index (χ4v) is 2.13. The van der Waals surface area contributed by atoms with E-state index < -0.39 is 0 Å². The van der Waals surface area contributed by atoms with Gasteiger partial charge in [0, 0.05) is 12.1 Å². The van der Waals surface area contributed by atoms with Gasteiger partial charge >= 0.3 is 0 Å². The van der Waals surface area contributed by atoms with Gasteiger partial charge in [-0.25, -0.2) is 0 Å². The molecule has 0 unspecified atom stereocenters. The Hall–Kier alpha value is -1.80. The van der Waals surface area contributed by atoms with Crippen LogP contribution in [0.2, 0.25) is 0 Å². The van der Waals surface area contributed by atoms with Crippen molar-refractivity contribution in [3.63, 3.8) is 0 Å². The second kappa shape index (κ2) is 7.11. The lowest BCUT2D eigenvalue weighted by molar-refractivity contribution is 0.243. The number of hydrogen-bond donors (Lipinski definition) is 1. The first-order valence-corrected chi connectivity index (χ1v) is 7.26. The van der Waals surface area contributed by atoms with E-state index in [1.807, 2.05) is 12.1 Å². The average molecular weight is 269 g/mol. The van der Waals surface area contributed by atoms with Gasteiger partial charge in [0.25, 0.3) is 0 Å². The third-order valence-corrected chi connectivity index (χ3v) is 3.09. The number of ether oxygens (including phenoxy) is 1. The molecule has 0 aromatic heterocycles. The highest BCUT2D eigenvalue weighted by molar-refractivity contribution is 5.70. The van der Waals surface area contributed by atoms with Gasteiger partial charge < -0.3 is 10.1 Å². The molecule has 0 fully saturated rings. The summed E-state index contributed by atoms with van der Waals surface area (Å²) in [5.41, 5.74) is 3.65. The van der Waals surface area contributed by atoms with Gasteiger partial charge in [-0.2, -0.15) is 0 Å². The first-order chi connectivity index (χ1) is 9.70. The number of rotatable bonds is 6. The quantitative estimate of drug-likeness (QED) is 0.846. The molecule has 2 rings (SSSR count). The maximum absolute atomic E-state index is 5.88. The fourth-order valence-electron chi connectivity index (χ4n) is 2.13. The highest BCUT2D eigenvalue weighted by Crippen LogP contribution is 2.30. The molecule has 0 heterocycles. The van der Waals surface area contributed by atoms with E-state index in [2.05, 4.69) is 62.5 Å². The molecule has 0 amide bonds. The van der Waals surface area contributed by atoms with E-state index in [9.17, 15) is 0 Å². The van der Waals surface area contributed by atoms with Crippen LogP contribution in [-0.2, 0) is 6.54 Å². The van der Waals surface area contributed by atoms with Gasteiger partial charge in [-0.05, 0) is 37.6 Å². The summed E-state index contributed by atoms with van der Waals surface area (Å²) in [5, 5.41) is 3.34. The SMILES string of the molecule is CCNCc1ccc(-c2ccccc2OC(C)C)cc1. The maximum Gasteiger partial charge on any atom is 0.127 e. The van der Waals surface area contributed by atoms with Crippen molar-refractivity contribution in [1.29, 1.82) is 0 Å². The minimum atomic E-state index is 0.184. The lowest BCUT2D eigenvalue weighted by Gasteiger charge is -2.14. The molecule has 2 nitrogen and oxygen atoms in total. The summed E-state index contributed by atoms with van der Waals surface area (Å²) in [5.74, 6) is 0.946. The predicted octanol–water partition coefficient (Wildman–Crippen LogP) is 4.25. The molecule has 1 N–H and O–H groups in total. The molecule has 0 radical (unpaired) electrons. The van der Waals surface area contributed by atoms with E-state index in [0.29, 0.717) is 0 Å². The van der Waals surface area contributed by atoms with Crippen LogP contribution < -0.4 is 10.1 Å². The molecule has 0 spiro atoms. The maximum atomic E-state index is 5.88. The molecule has 2 aromatic carbocycles.